The lowest BCUT2D eigenvalue weighted by atomic mass is 10.2. The van der Waals surface area contributed by atoms with Crippen molar-refractivity contribution in [2.24, 2.45) is 5.73 Å². The number of methoxy groups -OCH3 is 1. The van der Waals surface area contributed by atoms with Gasteiger partial charge in [0.25, 0.3) is 0 Å². The number of ether oxygens (including phenoxy) is 1. The van der Waals surface area contributed by atoms with Crippen LogP contribution in [0.2, 0.25) is 0 Å². The van der Waals surface area contributed by atoms with E-state index < -0.39 is 11.6 Å². The van der Waals surface area contributed by atoms with Crippen LogP contribution >= 0.6 is 0 Å². The Balaban J connectivity index is 3.06. The quantitative estimate of drug-likeness (QED) is 0.755. The van der Waals surface area contributed by atoms with Gasteiger partial charge in [0.05, 0.1) is 12.7 Å². The minimum absolute atomic E-state index is 0.221. The van der Waals surface area contributed by atoms with E-state index in [4.69, 9.17) is 10.5 Å². The molecule has 1 aromatic carbocycles. The number of hydrogen-bond donors (Lipinski definition) is 1. The second-order valence-electron chi connectivity index (χ2n) is 2.81. The standard InChI is InChI=1S/C11H11F2NO/c1-15-11-7-10(13)9(12)6-8(11)4-2-3-5-14/h6-7H,3,5,14H2,1H3. The first-order valence-corrected chi connectivity index (χ1v) is 4.41. The highest BCUT2D eigenvalue weighted by atomic mass is 19.2. The zero-order valence-electron chi connectivity index (χ0n) is 8.31. The molecule has 0 saturated carbocycles. The van der Waals surface area contributed by atoms with Crippen LogP contribution in [0.3, 0.4) is 0 Å². The molecule has 0 heterocycles. The summed E-state index contributed by atoms with van der Waals surface area (Å²) in [5.41, 5.74) is 5.57. The SMILES string of the molecule is COc1cc(F)c(F)cc1C#CCCN. The van der Waals surface area contributed by atoms with Crippen molar-refractivity contribution in [2.75, 3.05) is 13.7 Å². The molecule has 0 spiro atoms. The van der Waals surface area contributed by atoms with Crippen molar-refractivity contribution in [1.29, 1.82) is 0 Å². The van der Waals surface area contributed by atoms with E-state index >= 15 is 0 Å². The van der Waals surface area contributed by atoms with Crippen molar-refractivity contribution in [1.82, 2.24) is 0 Å². The maximum atomic E-state index is 12.9. The second kappa shape index (κ2) is 5.32. The molecule has 1 rings (SSSR count). The van der Waals surface area contributed by atoms with E-state index in [0.717, 1.165) is 12.1 Å². The second-order valence-corrected chi connectivity index (χ2v) is 2.81. The molecule has 0 saturated heterocycles. The normalized spacial score (nSPS) is 9.33. The van der Waals surface area contributed by atoms with E-state index in [0.29, 0.717) is 18.5 Å². The summed E-state index contributed by atoms with van der Waals surface area (Å²) in [6, 6.07) is 1.99. The van der Waals surface area contributed by atoms with E-state index in [1.165, 1.54) is 7.11 Å². The van der Waals surface area contributed by atoms with E-state index in [1.54, 1.807) is 0 Å². The highest BCUT2D eigenvalue weighted by Gasteiger charge is 2.08. The van der Waals surface area contributed by atoms with E-state index in [1.807, 2.05) is 0 Å². The Labute approximate surface area is 87.0 Å². The monoisotopic (exact) mass is 211 g/mol. The first-order chi connectivity index (χ1) is 7.19. The summed E-state index contributed by atoms with van der Waals surface area (Å²) in [4.78, 5) is 0. The maximum Gasteiger partial charge on any atom is 0.162 e. The number of hydrogen-bond acceptors (Lipinski definition) is 2. The van der Waals surface area contributed by atoms with Gasteiger partial charge < -0.3 is 10.5 Å². The van der Waals surface area contributed by atoms with Crippen molar-refractivity contribution >= 4 is 0 Å². The van der Waals surface area contributed by atoms with E-state index in [-0.39, 0.29) is 5.75 Å². The highest BCUT2D eigenvalue weighted by Crippen LogP contribution is 2.20. The van der Waals surface area contributed by atoms with Gasteiger partial charge in [-0.3, -0.25) is 0 Å². The zero-order chi connectivity index (χ0) is 11.3. The zero-order valence-corrected chi connectivity index (χ0v) is 8.31. The minimum atomic E-state index is -0.948. The molecular formula is C11H11F2NO. The molecule has 0 aliphatic rings. The predicted molar refractivity (Wildman–Crippen MR) is 53.5 cm³/mol. The van der Waals surface area contributed by atoms with Crippen LogP contribution in [0.4, 0.5) is 8.78 Å². The third-order valence-corrected chi connectivity index (χ3v) is 1.73. The van der Waals surface area contributed by atoms with Crippen LogP contribution in [0.15, 0.2) is 12.1 Å². The smallest absolute Gasteiger partial charge is 0.162 e. The van der Waals surface area contributed by atoms with Gasteiger partial charge in [-0.05, 0) is 6.07 Å². The summed E-state index contributed by atoms with van der Waals surface area (Å²) < 4.78 is 30.6. The largest absolute Gasteiger partial charge is 0.495 e. The molecule has 0 aromatic heterocycles. The van der Waals surface area contributed by atoms with Gasteiger partial charge in [0.1, 0.15) is 5.75 Å². The van der Waals surface area contributed by atoms with Gasteiger partial charge in [0.15, 0.2) is 11.6 Å². The van der Waals surface area contributed by atoms with Crippen LogP contribution in [-0.4, -0.2) is 13.7 Å². The first-order valence-electron chi connectivity index (χ1n) is 4.41. The Morgan fingerprint density at radius 3 is 2.60 bits per heavy atom. The number of benzene rings is 1. The molecule has 80 valence electrons. The Kier molecular flexibility index (Phi) is 4.07. The third kappa shape index (κ3) is 2.93. The molecule has 1 aromatic rings. The van der Waals surface area contributed by atoms with Crippen LogP contribution in [0.5, 0.6) is 5.75 Å². The summed E-state index contributed by atoms with van der Waals surface area (Å²) in [6.07, 6.45) is 0.502. The van der Waals surface area contributed by atoms with Crippen LogP contribution in [0, 0.1) is 23.5 Å². The lowest BCUT2D eigenvalue weighted by Crippen LogP contribution is -1.96. The van der Waals surface area contributed by atoms with Gasteiger partial charge >= 0.3 is 0 Å². The Morgan fingerprint density at radius 1 is 1.33 bits per heavy atom. The summed E-state index contributed by atoms with van der Waals surface area (Å²) >= 11 is 0. The first kappa shape index (κ1) is 11.5. The molecule has 0 fully saturated rings. The third-order valence-electron chi connectivity index (χ3n) is 1.73. The van der Waals surface area contributed by atoms with Gasteiger partial charge in [0, 0.05) is 19.0 Å². The molecule has 0 amide bonds. The van der Waals surface area contributed by atoms with Gasteiger partial charge in [0.2, 0.25) is 0 Å². The van der Waals surface area contributed by atoms with E-state index in [9.17, 15) is 8.78 Å². The predicted octanol–water partition coefficient (Wildman–Crippen LogP) is 1.67. The van der Waals surface area contributed by atoms with Crippen LogP contribution in [-0.2, 0) is 0 Å². The molecule has 0 aliphatic heterocycles. The fourth-order valence-electron chi connectivity index (χ4n) is 1.03. The van der Waals surface area contributed by atoms with Crippen molar-refractivity contribution < 1.29 is 13.5 Å². The summed E-state index contributed by atoms with van der Waals surface area (Å²) in [5, 5.41) is 0. The summed E-state index contributed by atoms with van der Waals surface area (Å²) in [7, 11) is 1.38. The lowest BCUT2D eigenvalue weighted by molar-refractivity contribution is 0.405. The molecule has 0 aliphatic carbocycles. The van der Waals surface area contributed by atoms with E-state index in [2.05, 4.69) is 11.8 Å². The van der Waals surface area contributed by atoms with Crippen molar-refractivity contribution in [3.63, 3.8) is 0 Å². The number of rotatable bonds is 2. The fourth-order valence-corrected chi connectivity index (χ4v) is 1.03. The molecule has 2 nitrogen and oxygen atoms in total. The average molecular weight is 211 g/mol. The van der Waals surface area contributed by atoms with Gasteiger partial charge in [-0.15, -0.1) is 0 Å². The molecule has 0 unspecified atom stereocenters. The summed E-state index contributed by atoms with van der Waals surface area (Å²) in [5.74, 6) is 3.74. The minimum Gasteiger partial charge on any atom is -0.495 e. The highest BCUT2D eigenvalue weighted by molar-refractivity contribution is 5.46. The average Bonchev–Trinajstić information content (AvgIpc) is 2.23. The number of nitrogens with two attached hydrogens (primary N) is 1. The van der Waals surface area contributed by atoms with Gasteiger partial charge in [-0.2, -0.15) is 0 Å². The van der Waals surface area contributed by atoms with Crippen molar-refractivity contribution in [3.8, 4) is 17.6 Å². The molecular weight excluding hydrogens is 200 g/mol. The summed E-state index contributed by atoms with van der Waals surface area (Å²) in [6.45, 7) is 0.430. The van der Waals surface area contributed by atoms with Gasteiger partial charge in [-0.25, -0.2) is 8.78 Å². The molecule has 0 radical (unpaired) electrons. The van der Waals surface area contributed by atoms with Crippen LogP contribution in [0.1, 0.15) is 12.0 Å². The molecule has 2 N–H and O–H groups in total. The maximum absolute atomic E-state index is 12.9. The van der Waals surface area contributed by atoms with Crippen molar-refractivity contribution in [2.45, 2.75) is 6.42 Å². The van der Waals surface area contributed by atoms with Crippen LogP contribution < -0.4 is 10.5 Å². The molecule has 0 bridgehead atoms. The van der Waals surface area contributed by atoms with Gasteiger partial charge in [-0.1, -0.05) is 11.8 Å². The number of halogens is 2. The lowest BCUT2D eigenvalue weighted by Gasteiger charge is -2.03. The molecule has 15 heavy (non-hydrogen) atoms. The van der Waals surface area contributed by atoms with Crippen molar-refractivity contribution in [3.05, 3.63) is 29.3 Å². The Morgan fingerprint density at radius 2 is 2.00 bits per heavy atom. The molecule has 0 atom stereocenters. The topological polar surface area (TPSA) is 35.2 Å². The fraction of sp³-hybridized carbons (Fsp3) is 0.273. The Hall–Kier alpha value is -1.60. The Bertz CT molecular complexity index is 407. The van der Waals surface area contributed by atoms with Crippen LogP contribution in [0.25, 0.3) is 0 Å². The molecule has 4 heteroatoms.